The molecule has 0 aromatic heterocycles. The molecule has 0 aliphatic carbocycles. The van der Waals surface area contributed by atoms with E-state index in [1.165, 1.54) is 0 Å². The van der Waals surface area contributed by atoms with Crippen LogP contribution in [0.25, 0.3) is 0 Å². The first kappa shape index (κ1) is 24.4. The van der Waals surface area contributed by atoms with Crippen LogP contribution >= 0.6 is 0 Å². The van der Waals surface area contributed by atoms with Crippen LogP contribution in [0, 0.1) is 0 Å². The first-order valence-corrected chi connectivity index (χ1v) is 12.4. The van der Waals surface area contributed by atoms with Gasteiger partial charge in [-0.25, -0.2) is 0 Å². The second kappa shape index (κ2) is 9.64. The standard InChI is InChI=1S/C32H32O4/c1-30(2)35-28(23-31(33,24-15-7-3-8-16-24)25-17-9-4-10-18-25)29(36-30)32(34,26-19-11-5-12-20-26)27-21-13-6-14-22-27/h3-22,28-29,33-34H,23H2,1-2H3/t28-,29+/m1/s1. The van der Waals surface area contributed by atoms with Crippen molar-refractivity contribution < 1.29 is 19.7 Å². The Hall–Kier alpha value is -3.28. The Labute approximate surface area is 212 Å². The van der Waals surface area contributed by atoms with Crippen molar-refractivity contribution in [3.05, 3.63) is 144 Å². The van der Waals surface area contributed by atoms with Crippen molar-refractivity contribution in [3.63, 3.8) is 0 Å². The zero-order valence-corrected chi connectivity index (χ0v) is 20.6. The summed E-state index contributed by atoms with van der Waals surface area (Å²) < 4.78 is 12.9. The van der Waals surface area contributed by atoms with E-state index in [2.05, 4.69) is 0 Å². The van der Waals surface area contributed by atoms with Crippen LogP contribution in [0.2, 0.25) is 0 Å². The lowest BCUT2D eigenvalue weighted by atomic mass is 9.75. The predicted octanol–water partition coefficient (Wildman–Crippen LogP) is 5.77. The molecule has 0 bridgehead atoms. The minimum atomic E-state index is -1.50. The lowest BCUT2D eigenvalue weighted by Gasteiger charge is -2.39. The molecule has 0 radical (unpaired) electrons. The smallest absolute Gasteiger partial charge is 0.163 e. The minimum absolute atomic E-state index is 0.192. The van der Waals surface area contributed by atoms with E-state index in [4.69, 9.17) is 9.47 Å². The van der Waals surface area contributed by atoms with Crippen LogP contribution in [0.3, 0.4) is 0 Å². The molecule has 1 aliphatic heterocycles. The van der Waals surface area contributed by atoms with E-state index in [0.29, 0.717) is 11.1 Å². The summed E-state index contributed by atoms with van der Waals surface area (Å²) in [5.74, 6) is -0.957. The Kier molecular flexibility index (Phi) is 6.54. The summed E-state index contributed by atoms with van der Waals surface area (Å²) in [6.07, 6.45) is -1.22. The molecule has 1 aliphatic rings. The SMILES string of the molecule is CC1(C)O[C@H](CC(O)(c2ccccc2)c2ccccc2)[C@@H](C(O)(c2ccccc2)c2ccccc2)O1. The summed E-state index contributed by atoms with van der Waals surface area (Å²) in [6.45, 7) is 3.70. The average Bonchev–Trinajstić information content (AvgIpc) is 3.24. The van der Waals surface area contributed by atoms with E-state index in [-0.39, 0.29) is 6.42 Å². The number of rotatable bonds is 7. The normalized spacial score (nSPS) is 19.8. The quantitative estimate of drug-likeness (QED) is 0.353. The molecule has 4 nitrogen and oxygen atoms in total. The minimum Gasteiger partial charge on any atom is -0.380 e. The highest BCUT2D eigenvalue weighted by Crippen LogP contribution is 2.47. The molecule has 4 aromatic carbocycles. The Morgan fingerprint density at radius 2 is 0.944 bits per heavy atom. The van der Waals surface area contributed by atoms with Gasteiger partial charge in [0.2, 0.25) is 0 Å². The molecule has 0 saturated carbocycles. The fourth-order valence-electron chi connectivity index (χ4n) is 5.34. The van der Waals surface area contributed by atoms with Crippen LogP contribution in [0.4, 0.5) is 0 Å². The Morgan fingerprint density at radius 3 is 1.33 bits per heavy atom. The number of ether oxygens (including phenoxy) is 2. The largest absolute Gasteiger partial charge is 0.380 e. The lowest BCUT2D eigenvalue weighted by Crippen LogP contribution is -2.48. The van der Waals surface area contributed by atoms with Gasteiger partial charge in [-0.05, 0) is 36.1 Å². The highest BCUT2D eigenvalue weighted by molar-refractivity contribution is 5.40. The monoisotopic (exact) mass is 480 g/mol. The molecule has 184 valence electrons. The van der Waals surface area contributed by atoms with Crippen molar-refractivity contribution in [2.75, 3.05) is 0 Å². The molecule has 4 aromatic rings. The molecule has 0 spiro atoms. The van der Waals surface area contributed by atoms with Crippen LogP contribution in [0.15, 0.2) is 121 Å². The van der Waals surface area contributed by atoms with Gasteiger partial charge in [-0.2, -0.15) is 0 Å². The van der Waals surface area contributed by atoms with Crippen LogP contribution in [0.5, 0.6) is 0 Å². The maximum absolute atomic E-state index is 12.5. The molecule has 2 atom stereocenters. The van der Waals surface area contributed by atoms with E-state index in [9.17, 15) is 10.2 Å². The van der Waals surface area contributed by atoms with Gasteiger partial charge < -0.3 is 19.7 Å². The van der Waals surface area contributed by atoms with Crippen molar-refractivity contribution >= 4 is 0 Å². The van der Waals surface area contributed by atoms with Gasteiger partial charge in [0.25, 0.3) is 0 Å². The topological polar surface area (TPSA) is 58.9 Å². The number of hydrogen-bond donors (Lipinski definition) is 2. The van der Waals surface area contributed by atoms with E-state index in [1.54, 1.807) is 0 Å². The third-order valence-corrected chi connectivity index (χ3v) is 7.02. The summed E-state index contributed by atoms with van der Waals surface area (Å²) in [7, 11) is 0. The molecule has 1 saturated heterocycles. The van der Waals surface area contributed by atoms with Gasteiger partial charge in [-0.3, -0.25) is 0 Å². The average molecular weight is 481 g/mol. The van der Waals surface area contributed by atoms with Crippen LogP contribution < -0.4 is 0 Å². The number of hydrogen-bond acceptors (Lipinski definition) is 4. The van der Waals surface area contributed by atoms with Gasteiger partial charge in [0.05, 0.1) is 6.10 Å². The molecule has 1 heterocycles. The fourth-order valence-corrected chi connectivity index (χ4v) is 5.34. The van der Waals surface area contributed by atoms with Crippen molar-refractivity contribution in [3.8, 4) is 0 Å². The third kappa shape index (κ3) is 4.49. The van der Waals surface area contributed by atoms with E-state index in [1.807, 2.05) is 135 Å². The highest BCUT2D eigenvalue weighted by Gasteiger charge is 2.55. The zero-order chi connectivity index (χ0) is 25.2. The summed E-state index contributed by atoms with van der Waals surface area (Å²) in [5, 5.41) is 24.8. The zero-order valence-electron chi connectivity index (χ0n) is 20.6. The second-order valence-corrected chi connectivity index (χ2v) is 9.89. The van der Waals surface area contributed by atoms with Crippen LogP contribution in [-0.4, -0.2) is 28.2 Å². The van der Waals surface area contributed by atoms with Crippen molar-refractivity contribution in [2.24, 2.45) is 0 Å². The summed E-state index contributed by atoms with van der Waals surface area (Å²) in [4.78, 5) is 0. The number of aliphatic hydroxyl groups is 2. The molecule has 0 amide bonds. The molecular weight excluding hydrogens is 448 g/mol. The second-order valence-electron chi connectivity index (χ2n) is 9.89. The fraction of sp³-hybridized carbons (Fsp3) is 0.250. The molecular formula is C32H32O4. The van der Waals surface area contributed by atoms with Gasteiger partial charge in [0, 0.05) is 6.42 Å². The van der Waals surface area contributed by atoms with Gasteiger partial charge in [0.15, 0.2) is 5.79 Å². The predicted molar refractivity (Wildman–Crippen MR) is 140 cm³/mol. The Morgan fingerprint density at radius 1 is 0.583 bits per heavy atom. The maximum atomic E-state index is 12.5. The van der Waals surface area contributed by atoms with E-state index < -0.39 is 29.2 Å². The third-order valence-electron chi connectivity index (χ3n) is 7.02. The molecule has 4 heteroatoms. The first-order chi connectivity index (χ1) is 17.3. The summed E-state index contributed by atoms with van der Waals surface area (Å²) in [6, 6.07) is 38.3. The van der Waals surface area contributed by atoms with E-state index >= 15 is 0 Å². The molecule has 2 N–H and O–H groups in total. The van der Waals surface area contributed by atoms with Crippen molar-refractivity contribution in [1.82, 2.24) is 0 Å². The first-order valence-electron chi connectivity index (χ1n) is 12.4. The van der Waals surface area contributed by atoms with Gasteiger partial charge in [-0.15, -0.1) is 0 Å². The van der Waals surface area contributed by atoms with Gasteiger partial charge in [0.1, 0.15) is 17.3 Å². The number of benzene rings is 4. The van der Waals surface area contributed by atoms with E-state index in [0.717, 1.165) is 11.1 Å². The molecule has 0 unspecified atom stereocenters. The molecule has 1 fully saturated rings. The van der Waals surface area contributed by atoms with Crippen molar-refractivity contribution in [1.29, 1.82) is 0 Å². The summed E-state index contributed by atoms with van der Waals surface area (Å²) >= 11 is 0. The van der Waals surface area contributed by atoms with Gasteiger partial charge >= 0.3 is 0 Å². The summed E-state index contributed by atoms with van der Waals surface area (Å²) in [5.41, 5.74) is 0.0574. The van der Waals surface area contributed by atoms with Crippen molar-refractivity contribution in [2.45, 2.75) is 49.5 Å². The van der Waals surface area contributed by atoms with Crippen LogP contribution in [-0.2, 0) is 20.7 Å². The molecule has 36 heavy (non-hydrogen) atoms. The Balaban J connectivity index is 1.63. The Bertz CT molecular complexity index is 1180. The molecule has 5 rings (SSSR count). The lowest BCUT2D eigenvalue weighted by molar-refractivity contribution is -0.166. The highest BCUT2D eigenvalue weighted by atomic mass is 16.8. The van der Waals surface area contributed by atoms with Crippen LogP contribution in [0.1, 0.15) is 42.5 Å². The van der Waals surface area contributed by atoms with Gasteiger partial charge in [-0.1, -0.05) is 121 Å². The maximum Gasteiger partial charge on any atom is 0.163 e.